The first kappa shape index (κ1) is 17.7. The molecule has 1 atom stereocenters. The summed E-state index contributed by atoms with van der Waals surface area (Å²) in [6, 6.07) is 4.11. The number of rotatable bonds is 5. The Balaban J connectivity index is 1.99. The number of benzene rings is 1. The van der Waals surface area contributed by atoms with Gasteiger partial charge in [-0.05, 0) is 50.8 Å². The van der Waals surface area contributed by atoms with Crippen LogP contribution in [0.4, 0.5) is 17.6 Å². The van der Waals surface area contributed by atoms with E-state index in [1.54, 1.807) is 19.9 Å². The lowest BCUT2D eigenvalue weighted by atomic mass is 9.94. The first-order valence-electron chi connectivity index (χ1n) is 7.48. The number of aryl methyl sites for hydroxylation is 1. The average Bonchev–Trinajstić information content (AvgIpc) is 2.67. The lowest BCUT2D eigenvalue weighted by molar-refractivity contribution is -0.190. The molecule has 1 aromatic carbocycles. The van der Waals surface area contributed by atoms with Crippen LogP contribution in [0.2, 0.25) is 0 Å². The summed E-state index contributed by atoms with van der Waals surface area (Å²) >= 11 is 0. The van der Waals surface area contributed by atoms with Gasteiger partial charge in [0.25, 0.3) is 0 Å². The minimum absolute atomic E-state index is 0.00990. The third kappa shape index (κ3) is 4.43. The fourth-order valence-corrected chi connectivity index (χ4v) is 2.70. The summed E-state index contributed by atoms with van der Waals surface area (Å²) < 4.78 is 52.9. The Morgan fingerprint density at radius 3 is 2.57 bits per heavy atom. The zero-order valence-corrected chi connectivity index (χ0v) is 13.1. The second-order valence-electron chi connectivity index (χ2n) is 6.53. The van der Waals surface area contributed by atoms with Gasteiger partial charge in [0.2, 0.25) is 5.91 Å². The Morgan fingerprint density at radius 2 is 2.04 bits per heavy atom. The van der Waals surface area contributed by atoms with Gasteiger partial charge in [-0.2, -0.15) is 13.2 Å². The van der Waals surface area contributed by atoms with E-state index in [2.05, 4.69) is 5.43 Å². The van der Waals surface area contributed by atoms with Gasteiger partial charge < -0.3 is 0 Å². The molecule has 1 aromatic rings. The quantitative estimate of drug-likeness (QED) is 0.838. The van der Waals surface area contributed by atoms with E-state index in [1.165, 1.54) is 18.2 Å². The minimum Gasteiger partial charge on any atom is -0.288 e. The first-order chi connectivity index (χ1) is 10.6. The standard InChI is InChI=1S/C16H20F4N2O/c1-15(2)10-22(21-14(15)23)13(16(18,19)20)8-4-6-11-5-3-7-12(17)9-11/h3,5,7,9,13H,4,6,8,10H2,1-2H3,(H,21,23)/t13-/m0/s1. The van der Waals surface area contributed by atoms with Crippen LogP contribution < -0.4 is 5.43 Å². The van der Waals surface area contributed by atoms with Crippen LogP contribution >= 0.6 is 0 Å². The van der Waals surface area contributed by atoms with E-state index < -0.39 is 29.4 Å². The number of carbonyl (C=O) groups excluding carboxylic acids is 1. The van der Waals surface area contributed by atoms with Gasteiger partial charge in [0.05, 0.1) is 5.41 Å². The first-order valence-corrected chi connectivity index (χ1v) is 7.48. The van der Waals surface area contributed by atoms with Crippen molar-refractivity contribution in [3.8, 4) is 0 Å². The molecular formula is C16H20F4N2O. The van der Waals surface area contributed by atoms with Crippen molar-refractivity contribution in [1.29, 1.82) is 0 Å². The highest BCUT2D eigenvalue weighted by atomic mass is 19.4. The molecule has 7 heteroatoms. The molecule has 1 heterocycles. The van der Waals surface area contributed by atoms with Crippen molar-refractivity contribution in [2.24, 2.45) is 5.41 Å². The van der Waals surface area contributed by atoms with Gasteiger partial charge in [-0.1, -0.05) is 12.1 Å². The van der Waals surface area contributed by atoms with Crippen molar-refractivity contribution in [2.75, 3.05) is 6.54 Å². The number of nitrogens with zero attached hydrogens (tertiary/aromatic N) is 1. The smallest absolute Gasteiger partial charge is 0.288 e. The number of alkyl halides is 3. The molecule has 0 unspecified atom stereocenters. The van der Waals surface area contributed by atoms with Crippen LogP contribution in [-0.4, -0.2) is 29.7 Å². The molecule has 1 amide bonds. The summed E-state index contributed by atoms with van der Waals surface area (Å²) in [7, 11) is 0. The molecular weight excluding hydrogens is 312 g/mol. The third-order valence-electron chi connectivity index (χ3n) is 4.01. The lowest BCUT2D eigenvalue weighted by Gasteiger charge is -2.29. The van der Waals surface area contributed by atoms with Crippen LogP contribution in [-0.2, 0) is 11.2 Å². The normalized spacial score (nSPS) is 19.7. The van der Waals surface area contributed by atoms with Crippen molar-refractivity contribution in [1.82, 2.24) is 10.4 Å². The van der Waals surface area contributed by atoms with Crippen molar-refractivity contribution in [3.63, 3.8) is 0 Å². The zero-order valence-electron chi connectivity index (χ0n) is 13.1. The molecule has 0 bridgehead atoms. The molecule has 1 fully saturated rings. The van der Waals surface area contributed by atoms with Crippen molar-refractivity contribution >= 4 is 5.91 Å². The van der Waals surface area contributed by atoms with Crippen LogP contribution in [0.25, 0.3) is 0 Å². The number of carbonyl (C=O) groups is 1. The summed E-state index contributed by atoms with van der Waals surface area (Å²) in [6.45, 7) is 3.24. The number of amides is 1. The molecule has 0 aliphatic carbocycles. The van der Waals surface area contributed by atoms with Crippen LogP contribution in [0.1, 0.15) is 32.3 Å². The molecule has 0 radical (unpaired) electrons. The maximum Gasteiger partial charge on any atom is 0.405 e. The molecule has 0 spiro atoms. The molecule has 128 valence electrons. The van der Waals surface area contributed by atoms with Gasteiger partial charge in [-0.3, -0.25) is 10.2 Å². The van der Waals surface area contributed by atoms with E-state index in [0.29, 0.717) is 12.0 Å². The SMILES string of the molecule is CC1(C)CN([C@@H](CCCc2cccc(F)c2)C(F)(F)F)NC1=O. The monoisotopic (exact) mass is 332 g/mol. The van der Waals surface area contributed by atoms with E-state index in [0.717, 1.165) is 5.01 Å². The van der Waals surface area contributed by atoms with E-state index in [9.17, 15) is 22.4 Å². The molecule has 2 rings (SSSR count). The van der Waals surface area contributed by atoms with Gasteiger partial charge in [-0.15, -0.1) is 0 Å². The zero-order chi connectivity index (χ0) is 17.3. The number of nitrogens with one attached hydrogen (secondary N) is 1. The molecule has 1 saturated heterocycles. The molecule has 1 aliphatic rings. The van der Waals surface area contributed by atoms with Crippen LogP contribution in [0.3, 0.4) is 0 Å². The average molecular weight is 332 g/mol. The Morgan fingerprint density at radius 1 is 1.35 bits per heavy atom. The number of hydrogen-bond acceptors (Lipinski definition) is 2. The number of hydrogen-bond donors (Lipinski definition) is 1. The van der Waals surface area contributed by atoms with E-state index in [-0.39, 0.29) is 19.4 Å². The van der Waals surface area contributed by atoms with Gasteiger partial charge >= 0.3 is 6.18 Å². The molecule has 3 nitrogen and oxygen atoms in total. The van der Waals surface area contributed by atoms with Crippen LogP contribution in [0.15, 0.2) is 24.3 Å². The Kier molecular flexibility index (Phi) is 4.98. The summed E-state index contributed by atoms with van der Waals surface area (Å²) in [5.41, 5.74) is 2.15. The van der Waals surface area contributed by atoms with E-state index in [4.69, 9.17) is 0 Å². The number of halogens is 4. The predicted molar refractivity (Wildman–Crippen MR) is 77.8 cm³/mol. The molecule has 1 N–H and O–H groups in total. The van der Waals surface area contributed by atoms with Crippen molar-refractivity contribution < 1.29 is 22.4 Å². The van der Waals surface area contributed by atoms with Crippen molar-refractivity contribution in [3.05, 3.63) is 35.6 Å². The van der Waals surface area contributed by atoms with Crippen LogP contribution in [0.5, 0.6) is 0 Å². The maximum atomic E-state index is 13.3. The highest BCUT2D eigenvalue weighted by molar-refractivity contribution is 5.83. The predicted octanol–water partition coefficient (Wildman–Crippen LogP) is 3.45. The highest BCUT2D eigenvalue weighted by Crippen LogP contribution is 2.33. The number of hydrazine groups is 1. The van der Waals surface area contributed by atoms with E-state index >= 15 is 0 Å². The third-order valence-corrected chi connectivity index (χ3v) is 4.01. The van der Waals surface area contributed by atoms with Gasteiger partial charge in [-0.25, -0.2) is 9.40 Å². The van der Waals surface area contributed by atoms with Gasteiger partial charge in [0.15, 0.2) is 0 Å². The minimum atomic E-state index is -4.43. The second-order valence-corrected chi connectivity index (χ2v) is 6.53. The van der Waals surface area contributed by atoms with Gasteiger partial charge in [0.1, 0.15) is 11.9 Å². The largest absolute Gasteiger partial charge is 0.405 e. The summed E-state index contributed by atoms with van der Waals surface area (Å²) in [6.07, 6.45) is -3.98. The Bertz CT molecular complexity index is 571. The van der Waals surface area contributed by atoms with Gasteiger partial charge in [0, 0.05) is 6.54 Å². The van der Waals surface area contributed by atoms with E-state index in [1.807, 2.05) is 0 Å². The highest BCUT2D eigenvalue weighted by Gasteiger charge is 2.49. The van der Waals surface area contributed by atoms with Crippen molar-refractivity contribution in [2.45, 2.75) is 45.3 Å². The molecule has 23 heavy (non-hydrogen) atoms. The maximum absolute atomic E-state index is 13.3. The Labute approximate surface area is 132 Å². The molecule has 1 aliphatic heterocycles. The van der Waals surface area contributed by atoms with Crippen LogP contribution in [0, 0.1) is 11.2 Å². The topological polar surface area (TPSA) is 32.3 Å². The lowest BCUT2D eigenvalue weighted by Crippen LogP contribution is -2.50. The fraction of sp³-hybridized carbons (Fsp3) is 0.562. The summed E-state index contributed by atoms with van der Waals surface area (Å²) in [4.78, 5) is 11.7. The Hall–Kier alpha value is -1.63. The molecule has 0 saturated carbocycles. The molecule has 0 aromatic heterocycles. The fourth-order valence-electron chi connectivity index (χ4n) is 2.70. The summed E-state index contributed by atoms with van der Waals surface area (Å²) in [5.74, 6) is -0.805. The summed E-state index contributed by atoms with van der Waals surface area (Å²) in [5, 5.41) is 0.980. The second kappa shape index (κ2) is 6.47.